The maximum atomic E-state index is 12.4. The van der Waals surface area contributed by atoms with Gasteiger partial charge in [-0.2, -0.15) is 0 Å². The summed E-state index contributed by atoms with van der Waals surface area (Å²) >= 11 is 0. The van der Waals surface area contributed by atoms with Gasteiger partial charge < -0.3 is 79.5 Å². The highest BCUT2D eigenvalue weighted by molar-refractivity contribution is 5.89. The SMILES string of the molecule is O=C1CC(O)C(=O)OC[C@H]2OC(Oc3cc(O)cc4[o+]c(-c5ccc(O)c(O)c5)c(cc34)O[C@@H]3O[C@H](CO1)[C@@H](O)C(O)C3O)[C@H](O)C(O)[C@@H]2O. The van der Waals surface area contributed by atoms with Crippen LogP contribution in [-0.4, -0.2) is 144 Å². The summed E-state index contributed by atoms with van der Waals surface area (Å²) in [6.45, 7) is -1.55. The second-order valence-corrected chi connectivity index (χ2v) is 11.8. The fourth-order valence-corrected chi connectivity index (χ4v) is 5.51. The molecule has 19 nitrogen and oxygen atoms in total. The predicted octanol–water partition coefficient (Wildman–Crippen LogP) is -2.28. The molecule has 0 amide bonds. The monoisotopic (exact) mass is 709 g/mol. The summed E-state index contributed by atoms with van der Waals surface area (Å²) in [6, 6.07) is 6.99. The molecule has 2 fully saturated rings. The third-order valence-electron chi connectivity index (χ3n) is 8.29. The second-order valence-electron chi connectivity index (χ2n) is 11.8. The number of phenols is 3. The van der Waals surface area contributed by atoms with Gasteiger partial charge in [0, 0.05) is 18.2 Å². The zero-order chi connectivity index (χ0) is 36.0. The van der Waals surface area contributed by atoms with E-state index in [2.05, 4.69) is 0 Å². The largest absolute Gasteiger partial charge is 0.507 e. The summed E-state index contributed by atoms with van der Waals surface area (Å²) in [5.41, 5.74) is -0.0410. The number of cyclic esters (lactones) is 2. The van der Waals surface area contributed by atoms with E-state index in [9.17, 15) is 60.7 Å². The third kappa shape index (κ3) is 6.90. The lowest BCUT2D eigenvalue weighted by molar-refractivity contribution is -0.279. The molecule has 4 heterocycles. The standard InChI is InChI=1S/C31H32O19/c32-11-4-16-12-6-18(28(46-16)10-1-2-13(33)14(34)3-10)48-31-27(42)24(39)22(37)19(49-31)8-44-21(36)7-15(35)29(43)45-9-20-23(38)25(40)26(41)30(50-20)47-17(12)5-11/h1-6,15,19-20,22-27,30-31,35,37-42H,7-9H2,(H2-,32,33,34)/p+1/t15?,19-,20-,22-,23-,24?,25?,26-,27?,30?,31-/m1/s1. The Bertz CT molecular complexity index is 1750. The van der Waals surface area contributed by atoms with E-state index in [0.717, 1.165) is 24.3 Å². The van der Waals surface area contributed by atoms with Crippen LogP contribution in [0.25, 0.3) is 22.3 Å². The van der Waals surface area contributed by atoms with Gasteiger partial charge in [0.2, 0.25) is 18.3 Å². The number of hydrogen-bond donors (Lipinski definition) is 10. The number of aliphatic hydroxyl groups excluding tert-OH is 7. The molecule has 6 rings (SSSR count). The van der Waals surface area contributed by atoms with E-state index in [1.54, 1.807) is 0 Å². The van der Waals surface area contributed by atoms with Crippen molar-refractivity contribution in [1.82, 2.24) is 0 Å². The highest BCUT2D eigenvalue weighted by Gasteiger charge is 2.48. The van der Waals surface area contributed by atoms with Crippen LogP contribution in [0.2, 0.25) is 0 Å². The molecule has 0 radical (unpaired) electrons. The lowest BCUT2D eigenvalue weighted by Crippen LogP contribution is -2.60. The minimum atomic E-state index is -2.08. The zero-order valence-electron chi connectivity index (χ0n) is 25.6. The van der Waals surface area contributed by atoms with E-state index in [4.69, 9.17) is 32.8 Å². The van der Waals surface area contributed by atoms with Gasteiger partial charge in [-0.25, -0.2) is 9.21 Å². The number of fused-ring (bicyclic) bond motifs is 5. The summed E-state index contributed by atoms with van der Waals surface area (Å²) in [5, 5.41) is 105. The first kappa shape index (κ1) is 35.3. The normalized spacial score (nSPS) is 33.9. The van der Waals surface area contributed by atoms with Crippen LogP contribution in [0.15, 0.2) is 40.8 Å². The molecule has 3 aliphatic heterocycles. The van der Waals surface area contributed by atoms with E-state index in [1.165, 1.54) is 12.1 Å². The number of phenolic OH excluding ortho intramolecular Hbond substituents is 3. The zero-order valence-corrected chi connectivity index (χ0v) is 25.6. The Morgan fingerprint density at radius 3 is 1.86 bits per heavy atom. The lowest BCUT2D eigenvalue weighted by atomic mass is 9.99. The number of benzene rings is 2. The summed E-state index contributed by atoms with van der Waals surface area (Å²) in [5.74, 6) is -4.77. The van der Waals surface area contributed by atoms with Gasteiger partial charge in [-0.3, -0.25) is 4.79 Å². The van der Waals surface area contributed by atoms with Crippen molar-refractivity contribution in [1.29, 1.82) is 0 Å². The molecule has 0 saturated carbocycles. The maximum Gasteiger partial charge on any atom is 0.402 e. The average Bonchev–Trinajstić information content (AvgIpc) is 3.08. The topological polar surface area (TPSA) is 303 Å². The molecule has 0 spiro atoms. The van der Waals surface area contributed by atoms with E-state index < -0.39 is 116 Å². The van der Waals surface area contributed by atoms with Crippen molar-refractivity contribution in [3.8, 4) is 40.1 Å². The number of aliphatic hydroxyl groups is 7. The van der Waals surface area contributed by atoms with Crippen LogP contribution in [0.3, 0.4) is 0 Å². The van der Waals surface area contributed by atoms with Crippen molar-refractivity contribution >= 4 is 22.9 Å². The van der Waals surface area contributed by atoms with Gasteiger partial charge in [-0.15, -0.1) is 0 Å². The van der Waals surface area contributed by atoms with Crippen LogP contribution in [0, 0.1) is 0 Å². The number of ether oxygens (including phenoxy) is 6. The number of rotatable bonds is 1. The Morgan fingerprint density at radius 1 is 0.640 bits per heavy atom. The fraction of sp³-hybridized carbons (Fsp3) is 0.452. The molecule has 50 heavy (non-hydrogen) atoms. The van der Waals surface area contributed by atoms with Gasteiger partial charge in [0.15, 0.2) is 17.6 Å². The van der Waals surface area contributed by atoms with Crippen LogP contribution in [0.1, 0.15) is 6.42 Å². The molecule has 3 aromatic rings. The Kier molecular flexibility index (Phi) is 9.86. The molecule has 3 aliphatic rings. The number of carbonyl (C=O) groups excluding carboxylic acids is 2. The van der Waals surface area contributed by atoms with Crippen molar-refractivity contribution in [2.24, 2.45) is 0 Å². The molecule has 1 aromatic heterocycles. The van der Waals surface area contributed by atoms with Crippen LogP contribution in [-0.2, 0) is 28.5 Å². The minimum Gasteiger partial charge on any atom is -0.507 e. The van der Waals surface area contributed by atoms with Gasteiger partial charge in [0.1, 0.15) is 78.9 Å². The van der Waals surface area contributed by atoms with Crippen molar-refractivity contribution in [3.05, 3.63) is 36.4 Å². The number of hydrogen-bond acceptors (Lipinski definition) is 18. The van der Waals surface area contributed by atoms with E-state index in [-0.39, 0.29) is 33.8 Å². The first-order chi connectivity index (χ1) is 23.7. The predicted molar refractivity (Wildman–Crippen MR) is 158 cm³/mol. The quantitative estimate of drug-likeness (QED) is 0.0723. The van der Waals surface area contributed by atoms with E-state index in [1.807, 2.05) is 0 Å². The Hall–Kier alpha value is -4.57. The molecule has 270 valence electrons. The van der Waals surface area contributed by atoms with Gasteiger partial charge >= 0.3 is 23.3 Å². The van der Waals surface area contributed by atoms with Gasteiger partial charge in [0.05, 0.1) is 18.1 Å². The number of aromatic hydroxyl groups is 3. The highest BCUT2D eigenvalue weighted by atomic mass is 16.7. The van der Waals surface area contributed by atoms with Crippen LogP contribution in [0.4, 0.5) is 0 Å². The minimum absolute atomic E-state index is 0.0159. The van der Waals surface area contributed by atoms with Crippen molar-refractivity contribution < 1.29 is 93.5 Å². The molecule has 6 bridgehead atoms. The maximum absolute atomic E-state index is 12.4. The van der Waals surface area contributed by atoms with Gasteiger partial charge in [0.25, 0.3) is 0 Å². The average molecular weight is 710 g/mol. The smallest absolute Gasteiger partial charge is 0.402 e. The van der Waals surface area contributed by atoms with Crippen molar-refractivity contribution in [2.75, 3.05) is 13.2 Å². The summed E-state index contributed by atoms with van der Waals surface area (Å²) in [4.78, 5) is 24.8. The molecule has 5 unspecified atom stereocenters. The first-order valence-corrected chi connectivity index (χ1v) is 15.1. The molecule has 2 saturated heterocycles. The molecule has 0 aliphatic carbocycles. The molecule has 19 heteroatoms. The Balaban J connectivity index is 1.47. The van der Waals surface area contributed by atoms with E-state index in [0.29, 0.717) is 0 Å². The summed E-state index contributed by atoms with van der Waals surface area (Å²) in [7, 11) is 0. The van der Waals surface area contributed by atoms with Gasteiger partial charge in [-0.1, -0.05) is 0 Å². The Morgan fingerprint density at radius 2 is 1.24 bits per heavy atom. The number of carbonyl (C=O) groups is 2. The van der Waals surface area contributed by atoms with Crippen molar-refractivity contribution in [2.45, 2.75) is 73.9 Å². The van der Waals surface area contributed by atoms with Crippen molar-refractivity contribution in [3.63, 3.8) is 0 Å². The van der Waals surface area contributed by atoms with E-state index >= 15 is 0 Å². The molecule has 2 aromatic carbocycles. The second kappa shape index (κ2) is 14.0. The Labute approximate surface area is 280 Å². The van der Waals surface area contributed by atoms with Crippen LogP contribution < -0.4 is 9.47 Å². The molecular formula is C31H33O19+. The first-order valence-electron chi connectivity index (χ1n) is 15.1. The summed E-state index contributed by atoms with van der Waals surface area (Å²) in [6.07, 6.45) is -21.1. The molecule has 10 N–H and O–H groups in total. The third-order valence-corrected chi connectivity index (χ3v) is 8.29. The fourth-order valence-electron chi connectivity index (χ4n) is 5.51. The van der Waals surface area contributed by atoms with Crippen LogP contribution in [0.5, 0.6) is 28.7 Å². The van der Waals surface area contributed by atoms with Gasteiger partial charge in [-0.05, 0) is 12.1 Å². The lowest BCUT2D eigenvalue weighted by Gasteiger charge is -2.40. The molecular weight excluding hydrogens is 676 g/mol. The highest BCUT2D eigenvalue weighted by Crippen LogP contribution is 2.43. The van der Waals surface area contributed by atoms with Crippen LogP contribution >= 0.6 is 0 Å². The number of esters is 2. The summed E-state index contributed by atoms with van der Waals surface area (Å²) < 4.78 is 39.0. The molecule has 11 atom stereocenters.